The molecule has 0 N–H and O–H groups in total. The summed E-state index contributed by atoms with van der Waals surface area (Å²) in [7, 11) is 0. The first-order valence-corrected chi connectivity index (χ1v) is 2.76. The van der Waals surface area contributed by atoms with Gasteiger partial charge in [0, 0.05) is 0 Å². The summed E-state index contributed by atoms with van der Waals surface area (Å²) in [6.07, 6.45) is 0. The molecule has 0 aliphatic rings. The van der Waals surface area contributed by atoms with Gasteiger partial charge in [-0.1, -0.05) is 0 Å². The second kappa shape index (κ2) is 6.72. The molecule has 0 aliphatic heterocycles. The minimum atomic E-state index is -4.82. The van der Waals surface area contributed by atoms with Gasteiger partial charge in [-0.3, -0.25) is 0 Å². The molecular formula is C6H4BF3KLi. The zero-order valence-corrected chi connectivity index (χ0v) is 10.1. The normalized spacial score (nSPS) is 9.58. The predicted molar refractivity (Wildman–Crippen MR) is 34.0 cm³/mol. The van der Waals surface area contributed by atoms with Gasteiger partial charge in [0.1, 0.15) is 0 Å². The van der Waals surface area contributed by atoms with E-state index in [0.717, 1.165) is 12.1 Å². The van der Waals surface area contributed by atoms with E-state index >= 15 is 0 Å². The molecule has 0 saturated heterocycles. The standard InChI is InChI=1S/C6H4BF3.K.Li/c8-7(9,10)6-4-2-1-3-5-6;;/h2-5H;;/q-2;2*+1. The quantitative estimate of drug-likeness (QED) is 0.309. The van der Waals surface area contributed by atoms with Gasteiger partial charge < -0.3 is 12.9 Å². The van der Waals surface area contributed by atoms with E-state index in [9.17, 15) is 12.9 Å². The van der Waals surface area contributed by atoms with Crippen LogP contribution in [0.2, 0.25) is 0 Å². The van der Waals surface area contributed by atoms with Crippen LogP contribution >= 0.6 is 0 Å². The van der Waals surface area contributed by atoms with Crippen LogP contribution < -0.4 is 75.7 Å². The summed E-state index contributed by atoms with van der Waals surface area (Å²) in [4.78, 5) is 0. The van der Waals surface area contributed by atoms with E-state index in [2.05, 4.69) is 6.07 Å². The van der Waals surface area contributed by atoms with Crippen molar-refractivity contribution in [3.05, 3.63) is 30.3 Å². The maximum atomic E-state index is 11.8. The molecule has 0 aromatic heterocycles. The number of benzene rings is 1. The maximum absolute atomic E-state index is 11.8. The molecule has 0 atom stereocenters. The van der Waals surface area contributed by atoms with Gasteiger partial charge in [-0.15, -0.1) is 0 Å². The molecule has 0 nitrogen and oxygen atoms in total. The Morgan fingerprint density at radius 1 is 1.08 bits per heavy atom. The van der Waals surface area contributed by atoms with Crippen molar-refractivity contribution in [1.29, 1.82) is 0 Å². The summed E-state index contributed by atoms with van der Waals surface area (Å²) >= 11 is 0. The van der Waals surface area contributed by atoms with Crippen LogP contribution in [0.15, 0.2) is 24.3 Å². The van der Waals surface area contributed by atoms with Crippen LogP contribution in [0.3, 0.4) is 0 Å². The Labute approximate surface area is 124 Å². The molecule has 0 spiro atoms. The van der Waals surface area contributed by atoms with Crippen molar-refractivity contribution in [2.45, 2.75) is 0 Å². The Morgan fingerprint density at radius 2 is 1.50 bits per heavy atom. The monoisotopic (exact) mass is 190 g/mol. The van der Waals surface area contributed by atoms with Crippen LogP contribution in [-0.2, 0) is 0 Å². The van der Waals surface area contributed by atoms with Crippen LogP contribution in [0.1, 0.15) is 0 Å². The summed E-state index contributed by atoms with van der Waals surface area (Å²) in [6, 6.07) is 7.05. The van der Waals surface area contributed by atoms with E-state index in [-0.39, 0.29) is 70.2 Å². The van der Waals surface area contributed by atoms with Gasteiger partial charge >= 0.3 is 77.2 Å². The van der Waals surface area contributed by atoms with Crippen LogP contribution in [0.4, 0.5) is 12.9 Å². The summed E-state index contributed by atoms with van der Waals surface area (Å²) in [5.41, 5.74) is -0.571. The largest absolute Gasteiger partial charge is 1.00 e. The average molecular weight is 190 g/mol. The average Bonchev–Trinajstić information content (AvgIpc) is 1.88. The molecule has 0 saturated carbocycles. The van der Waals surface area contributed by atoms with Gasteiger partial charge in [-0.05, 0) is 0 Å². The van der Waals surface area contributed by atoms with E-state index < -0.39 is 12.4 Å². The third-order valence-electron chi connectivity index (χ3n) is 1.12. The molecule has 0 radical (unpaired) electrons. The van der Waals surface area contributed by atoms with E-state index in [0.29, 0.717) is 0 Å². The Hall–Kier alpha value is 1.31. The first kappa shape index (κ1) is 15.8. The van der Waals surface area contributed by atoms with Gasteiger partial charge in [0.25, 0.3) is 0 Å². The Kier molecular flexibility index (Phi) is 8.82. The fourth-order valence-electron chi connectivity index (χ4n) is 0.618. The van der Waals surface area contributed by atoms with E-state index in [1.54, 1.807) is 0 Å². The van der Waals surface area contributed by atoms with Gasteiger partial charge in [0.05, 0.1) is 0 Å². The van der Waals surface area contributed by atoms with Crippen molar-refractivity contribution in [3.63, 3.8) is 0 Å². The third-order valence-corrected chi connectivity index (χ3v) is 1.12. The molecule has 1 aromatic carbocycles. The van der Waals surface area contributed by atoms with Crippen molar-refractivity contribution in [1.82, 2.24) is 0 Å². The summed E-state index contributed by atoms with van der Waals surface area (Å²) in [5, 5.41) is 0. The van der Waals surface area contributed by atoms with Gasteiger partial charge in [-0.25, -0.2) is 5.46 Å². The second-order valence-corrected chi connectivity index (χ2v) is 1.91. The van der Waals surface area contributed by atoms with E-state index in [1.807, 2.05) is 0 Å². The molecule has 0 amide bonds. The molecule has 0 fully saturated rings. The molecule has 54 valence electrons. The zero-order chi connectivity index (χ0) is 7.61. The second-order valence-electron chi connectivity index (χ2n) is 1.91. The topological polar surface area (TPSA) is 0 Å². The summed E-state index contributed by atoms with van der Waals surface area (Å²) in [5.74, 6) is 0. The molecule has 1 rings (SSSR count). The Bertz CT molecular complexity index is 214. The van der Waals surface area contributed by atoms with Crippen LogP contribution in [0, 0.1) is 6.07 Å². The molecule has 12 heavy (non-hydrogen) atoms. The molecule has 0 aliphatic carbocycles. The zero-order valence-electron chi connectivity index (χ0n) is 7.02. The minimum absolute atomic E-state index is 0. The van der Waals surface area contributed by atoms with Crippen molar-refractivity contribution in [2.75, 3.05) is 0 Å². The molecule has 1 aromatic rings. The van der Waals surface area contributed by atoms with Crippen LogP contribution in [0.25, 0.3) is 0 Å². The number of hydrogen-bond acceptors (Lipinski definition) is 0. The first-order chi connectivity index (χ1) is 4.61. The maximum Gasteiger partial charge on any atom is 1.00 e. The van der Waals surface area contributed by atoms with E-state index in [4.69, 9.17) is 0 Å². The predicted octanol–water partition coefficient (Wildman–Crippen LogP) is -4.45. The van der Waals surface area contributed by atoms with Crippen molar-refractivity contribution in [3.8, 4) is 0 Å². The van der Waals surface area contributed by atoms with Gasteiger partial charge in [0.2, 0.25) is 0 Å². The summed E-state index contributed by atoms with van der Waals surface area (Å²) < 4.78 is 35.5. The smallest absolute Gasteiger partial charge is 0.446 e. The number of rotatable bonds is 1. The first-order valence-electron chi connectivity index (χ1n) is 2.76. The van der Waals surface area contributed by atoms with Gasteiger partial charge in [-0.2, -0.15) is 30.3 Å². The van der Waals surface area contributed by atoms with Crippen LogP contribution in [0.5, 0.6) is 0 Å². The van der Waals surface area contributed by atoms with Crippen LogP contribution in [-0.4, -0.2) is 6.98 Å². The Morgan fingerprint density at radius 3 is 1.75 bits per heavy atom. The number of hydrogen-bond donors (Lipinski definition) is 0. The SMILES string of the molecule is F[B-](F)(F)c1cc[c-]cc1.[K+].[Li+]. The molecule has 6 heteroatoms. The fourth-order valence-corrected chi connectivity index (χ4v) is 0.618. The van der Waals surface area contributed by atoms with Gasteiger partial charge in [0.15, 0.2) is 0 Å². The minimum Gasteiger partial charge on any atom is -0.446 e. The fraction of sp³-hybridized carbons (Fsp3) is 0. The summed E-state index contributed by atoms with van der Waals surface area (Å²) in [6.45, 7) is -4.82. The molecule has 0 unspecified atom stereocenters. The third kappa shape index (κ3) is 5.13. The number of halogens is 3. The van der Waals surface area contributed by atoms with Crippen molar-refractivity contribution in [2.24, 2.45) is 0 Å². The molecule has 0 bridgehead atoms. The van der Waals surface area contributed by atoms with E-state index in [1.165, 1.54) is 12.1 Å². The Balaban J connectivity index is 0. The van der Waals surface area contributed by atoms with Crippen molar-refractivity contribution >= 4 is 12.4 Å². The molecule has 0 heterocycles. The van der Waals surface area contributed by atoms with Crippen molar-refractivity contribution < 1.29 is 83.2 Å². The molecular weight excluding hydrogens is 186 g/mol.